The van der Waals surface area contributed by atoms with Crippen molar-refractivity contribution in [3.05, 3.63) is 54.1 Å². The van der Waals surface area contributed by atoms with E-state index < -0.39 is 10.0 Å². The van der Waals surface area contributed by atoms with E-state index in [1.807, 2.05) is 36.0 Å². The van der Waals surface area contributed by atoms with Crippen LogP contribution in [0, 0.1) is 0 Å². The van der Waals surface area contributed by atoms with Gasteiger partial charge in [-0.3, -0.25) is 4.79 Å². The van der Waals surface area contributed by atoms with E-state index in [0.717, 1.165) is 10.6 Å². The zero-order chi connectivity index (χ0) is 18.6. The highest BCUT2D eigenvalue weighted by atomic mass is 32.2. The number of para-hydroxylation sites is 1. The molecule has 7 heteroatoms. The van der Waals surface area contributed by atoms with Gasteiger partial charge in [-0.15, -0.1) is 11.8 Å². The average Bonchev–Trinajstić information content (AvgIpc) is 3.16. The van der Waals surface area contributed by atoms with E-state index in [1.165, 1.54) is 57.0 Å². The normalized spacial score (nSPS) is 15.1. The number of thioether (sulfide) groups is 1. The van der Waals surface area contributed by atoms with Crippen LogP contribution < -0.4 is 10.0 Å². The monoisotopic (exact) mass is 390 g/mol. The summed E-state index contributed by atoms with van der Waals surface area (Å²) in [5.74, 6) is -0.252. The summed E-state index contributed by atoms with van der Waals surface area (Å²) >= 11 is 1.82. The molecule has 0 atom stereocenters. The third-order valence-corrected chi connectivity index (χ3v) is 7.27. The lowest BCUT2D eigenvalue weighted by molar-refractivity contribution is 0.102. The Kier molecular flexibility index (Phi) is 6.01. The predicted octanol–water partition coefficient (Wildman–Crippen LogP) is 3.88. The molecule has 2 N–H and O–H groups in total. The number of rotatable bonds is 6. The van der Waals surface area contributed by atoms with Gasteiger partial charge in [-0.1, -0.05) is 25.0 Å². The maximum atomic E-state index is 12.5. The Morgan fingerprint density at radius 2 is 1.69 bits per heavy atom. The van der Waals surface area contributed by atoms with Crippen molar-refractivity contribution >= 4 is 33.4 Å². The molecule has 1 aliphatic carbocycles. The summed E-state index contributed by atoms with van der Waals surface area (Å²) in [6.07, 6.45) is 4.98. The fraction of sp³-hybridized carbons (Fsp3) is 0.316. The molecule has 138 valence electrons. The van der Waals surface area contributed by atoms with E-state index in [0.29, 0.717) is 10.8 Å². The first-order valence-electron chi connectivity index (χ1n) is 8.60. The zero-order valence-electron chi connectivity index (χ0n) is 14.6. The first-order valence-corrected chi connectivity index (χ1v) is 11.0. The van der Waals surface area contributed by atoms with E-state index in [2.05, 4.69) is 10.0 Å². The van der Waals surface area contributed by atoms with Gasteiger partial charge in [-0.05, 0) is 56.3 Å². The Balaban J connectivity index is 1.74. The minimum Gasteiger partial charge on any atom is -0.321 e. The van der Waals surface area contributed by atoms with Crippen LogP contribution in [0.5, 0.6) is 0 Å². The number of hydrogen-bond donors (Lipinski definition) is 2. The Morgan fingerprint density at radius 3 is 2.35 bits per heavy atom. The Morgan fingerprint density at radius 1 is 1.04 bits per heavy atom. The number of nitrogens with one attached hydrogen (secondary N) is 2. The number of hydrogen-bond acceptors (Lipinski definition) is 4. The van der Waals surface area contributed by atoms with Crippen molar-refractivity contribution in [2.75, 3.05) is 12.4 Å². The summed E-state index contributed by atoms with van der Waals surface area (Å²) in [6.45, 7) is 0. The molecular formula is C19H22N2O3S2. The summed E-state index contributed by atoms with van der Waals surface area (Å²) < 4.78 is 25.8. The van der Waals surface area contributed by atoms with Gasteiger partial charge in [0.15, 0.2) is 0 Å². The molecule has 2 aromatic rings. The van der Waals surface area contributed by atoms with Crippen molar-refractivity contribution in [2.24, 2.45) is 0 Å². The smallest absolute Gasteiger partial charge is 0.255 e. The summed E-state index contributed by atoms with van der Waals surface area (Å²) in [5, 5.41) is 3.56. The second-order valence-electron chi connectivity index (χ2n) is 6.21. The van der Waals surface area contributed by atoms with Crippen LogP contribution in [-0.4, -0.2) is 26.6 Å². The lowest BCUT2D eigenvalue weighted by Gasteiger charge is -2.14. The van der Waals surface area contributed by atoms with Crippen molar-refractivity contribution in [1.29, 1.82) is 0 Å². The molecule has 0 spiro atoms. The van der Waals surface area contributed by atoms with Crippen molar-refractivity contribution in [2.45, 2.75) is 40.7 Å². The van der Waals surface area contributed by atoms with Crippen molar-refractivity contribution in [3.63, 3.8) is 0 Å². The fourth-order valence-electron chi connectivity index (χ4n) is 2.96. The summed E-state index contributed by atoms with van der Waals surface area (Å²) in [7, 11) is -2.15. The van der Waals surface area contributed by atoms with Crippen molar-refractivity contribution < 1.29 is 13.2 Å². The molecule has 0 unspecified atom stereocenters. The maximum absolute atomic E-state index is 12.5. The van der Waals surface area contributed by atoms with Crippen LogP contribution in [0.4, 0.5) is 5.69 Å². The van der Waals surface area contributed by atoms with Crippen LogP contribution in [0.15, 0.2) is 58.3 Å². The highest BCUT2D eigenvalue weighted by molar-refractivity contribution is 8.00. The number of anilines is 1. The maximum Gasteiger partial charge on any atom is 0.255 e. The van der Waals surface area contributed by atoms with Crippen molar-refractivity contribution in [1.82, 2.24) is 4.72 Å². The number of benzene rings is 2. The van der Waals surface area contributed by atoms with Crippen LogP contribution in [-0.2, 0) is 10.0 Å². The van der Waals surface area contributed by atoms with Gasteiger partial charge < -0.3 is 5.32 Å². The van der Waals surface area contributed by atoms with E-state index in [1.54, 1.807) is 0 Å². The molecular weight excluding hydrogens is 368 g/mol. The molecule has 1 amide bonds. The quantitative estimate of drug-likeness (QED) is 0.785. The Labute approximate surface area is 158 Å². The number of carbonyl (C=O) groups excluding carboxylic acids is 1. The first-order chi connectivity index (χ1) is 12.5. The second kappa shape index (κ2) is 8.24. The van der Waals surface area contributed by atoms with Gasteiger partial charge >= 0.3 is 0 Å². The van der Waals surface area contributed by atoms with E-state index in [9.17, 15) is 13.2 Å². The second-order valence-corrected chi connectivity index (χ2v) is 9.44. The molecule has 0 bridgehead atoms. The zero-order valence-corrected chi connectivity index (χ0v) is 16.2. The third kappa shape index (κ3) is 4.47. The van der Waals surface area contributed by atoms with Gasteiger partial charge in [-0.2, -0.15) is 0 Å². The van der Waals surface area contributed by atoms with Crippen molar-refractivity contribution in [3.8, 4) is 0 Å². The summed E-state index contributed by atoms with van der Waals surface area (Å²) in [5.41, 5.74) is 1.21. The summed E-state index contributed by atoms with van der Waals surface area (Å²) in [6, 6.07) is 13.7. The van der Waals surface area contributed by atoms with Crippen LogP contribution >= 0.6 is 11.8 Å². The van der Waals surface area contributed by atoms with Gasteiger partial charge in [0, 0.05) is 15.7 Å². The van der Waals surface area contributed by atoms with E-state index in [4.69, 9.17) is 0 Å². The van der Waals surface area contributed by atoms with Crippen LogP contribution in [0.25, 0.3) is 0 Å². The molecule has 1 saturated carbocycles. The van der Waals surface area contributed by atoms with Gasteiger partial charge in [-0.25, -0.2) is 13.1 Å². The number of carbonyl (C=O) groups is 1. The van der Waals surface area contributed by atoms with Gasteiger partial charge in [0.05, 0.1) is 10.6 Å². The molecule has 2 aromatic carbocycles. The van der Waals surface area contributed by atoms with E-state index in [-0.39, 0.29) is 10.8 Å². The highest BCUT2D eigenvalue weighted by Crippen LogP contribution is 2.38. The number of sulfonamides is 1. The standard InChI is InChI=1S/C19H22N2O3S2/c1-20-26(23,24)16-12-10-14(11-13-16)19(22)21-17-8-4-5-9-18(17)25-15-6-2-3-7-15/h4-5,8-13,15,20H,2-3,6-7H2,1H3,(H,21,22). The lowest BCUT2D eigenvalue weighted by atomic mass is 10.2. The van der Waals surface area contributed by atoms with Crippen LogP contribution in [0.1, 0.15) is 36.0 Å². The van der Waals surface area contributed by atoms with Crippen LogP contribution in [0.3, 0.4) is 0 Å². The Hall–Kier alpha value is -1.83. The topological polar surface area (TPSA) is 75.3 Å². The molecule has 5 nitrogen and oxygen atoms in total. The fourth-order valence-corrected chi connectivity index (χ4v) is 5.02. The molecule has 0 radical (unpaired) electrons. The third-order valence-electron chi connectivity index (χ3n) is 4.43. The minimum absolute atomic E-state index is 0.133. The summed E-state index contributed by atoms with van der Waals surface area (Å²) in [4.78, 5) is 13.8. The molecule has 0 heterocycles. The molecule has 0 aromatic heterocycles. The molecule has 3 rings (SSSR count). The molecule has 0 aliphatic heterocycles. The minimum atomic E-state index is -3.50. The van der Waals surface area contributed by atoms with Gasteiger partial charge in [0.2, 0.25) is 10.0 Å². The molecule has 26 heavy (non-hydrogen) atoms. The lowest BCUT2D eigenvalue weighted by Crippen LogP contribution is -2.19. The SMILES string of the molecule is CNS(=O)(=O)c1ccc(C(=O)Nc2ccccc2SC2CCCC2)cc1. The largest absolute Gasteiger partial charge is 0.321 e. The molecule has 1 fully saturated rings. The number of amides is 1. The molecule has 1 aliphatic rings. The molecule has 0 saturated heterocycles. The van der Waals surface area contributed by atoms with Gasteiger partial charge in [0.1, 0.15) is 0 Å². The average molecular weight is 391 g/mol. The van der Waals surface area contributed by atoms with Crippen LogP contribution in [0.2, 0.25) is 0 Å². The highest BCUT2D eigenvalue weighted by Gasteiger charge is 2.18. The predicted molar refractivity (Wildman–Crippen MR) is 105 cm³/mol. The van der Waals surface area contributed by atoms with E-state index >= 15 is 0 Å². The van der Waals surface area contributed by atoms with Gasteiger partial charge in [0.25, 0.3) is 5.91 Å². The Bertz CT molecular complexity index is 874. The first kappa shape index (κ1) is 18.9.